The van der Waals surface area contributed by atoms with E-state index in [1.165, 1.54) is 0 Å². The number of nitrogens with two attached hydrogens (primary N) is 1. The highest BCUT2D eigenvalue weighted by molar-refractivity contribution is 6.13. The van der Waals surface area contributed by atoms with Crippen LogP contribution < -0.4 is 10.6 Å². The first-order chi connectivity index (χ1) is 30.1. The fourth-order valence-electron chi connectivity index (χ4n) is 8.37. The molecule has 1 amide bonds. The number of nitrogens with zero attached hydrogens (tertiary/aromatic N) is 2. The van der Waals surface area contributed by atoms with E-state index in [0.29, 0.717) is 5.56 Å². The highest BCUT2D eigenvalue weighted by atomic mass is 16.5. The van der Waals surface area contributed by atoms with E-state index in [1.54, 1.807) is 0 Å². The number of ether oxygens (including phenoxy) is 1. The number of para-hydroxylation sites is 1. The first-order valence-electron chi connectivity index (χ1n) is 20.6. The summed E-state index contributed by atoms with van der Waals surface area (Å²) in [4.78, 5) is 21.0. The van der Waals surface area contributed by atoms with Crippen LogP contribution in [0.5, 0.6) is 5.75 Å². The zero-order chi connectivity index (χ0) is 41.1. The molecule has 6 heteroatoms. The fourth-order valence-corrected chi connectivity index (χ4v) is 8.37. The van der Waals surface area contributed by atoms with Crippen molar-refractivity contribution < 1.29 is 14.8 Å². The number of aromatic hydroxyl groups is 1. The SMILES string of the molecule is CN1C(c2ccc(-c3ccc(-c4ccc(NC(=O)c5ccccc5)c(-c5cccc6c5[NH2+]C(c5ccccc5)[OH+]6)c4)cc3)cc2)=CC(c2ccccc2)=NC1c1ccccc1. The van der Waals surface area contributed by atoms with E-state index in [1.807, 2.05) is 54.6 Å². The highest BCUT2D eigenvalue weighted by Crippen LogP contribution is 2.43. The summed E-state index contributed by atoms with van der Waals surface area (Å²) in [5.74, 6) is 0.792. The zero-order valence-electron chi connectivity index (χ0n) is 33.7. The van der Waals surface area contributed by atoms with Gasteiger partial charge in [-0.15, -0.1) is 0 Å². The maximum Gasteiger partial charge on any atom is 0.344 e. The van der Waals surface area contributed by atoms with Gasteiger partial charge in [0.25, 0.3) is 5.91 Å². The Hall–Kier alpha value is -7.80. The smallest absolute Gasteiger partial charge is 0.344 e. The molecule has 0 saturated carbocycles. The molecule has 2 aliphatic rings. The summed E-state index contributed by atoms with van der Waals surface area (Å²) in [6.07, 6.45) is 1.99. The molecule has 8 aromatic carbocycles. The topological polar surface area (TPSA) is 74.1 Å². The minimum absolute atomic E-state index is 0.0726. The third kappa shape index (κ3) is 7.64. The molecular formula is C55H44N4O2+2. The van der Waals surface area contributed by atoms with E-state index in [-0.39, 0.29) is 18.3 Å². The molecule has 2 atom stereocenters. The van der Waals surface area contributed by atoms with Crippen LogP contribution in [0.1, 0.15) is 45.0 Å². The molecule has 0 bridgehead atoms. The van der Waals surface area contributed by atoms with Crippen molar-refractivity contribution in [2.75, 3.05) is 12.4 Å². The van der Waals surface area contributed by atoms with Crippen molar-refractivity contribution in [2.45, 2.75) is 12.4 Å². The van der Waals surface area contributed by atoms with Crippen LogP contribution >= 0.6 is 0 Å². The number of amides is 1. The van der Waals surface area contributed by atoms with E-state index >= 15 is 0 Å². The Morgan fingerprint density at radius 3 is 1.77 bits per heavy atom. The van der Waals surface area contributed by atoms with Gasteiger partial charge in [-0.25, -0.2) is 5.32 Å². The number of carbonyl (C=O) groups excluding carboxylic acids is 1. The van der Waals surface area contributed by atoms with Gasteiger partial charge in [-0.05, 0) is 87.5 Å². The highest BCUT2D eigenvalue weighted by Gasteiger charge is 2.36. The summed E-state index contributed by atoms with van der Waals surface area (Å²) in [6.45, 7) is 0. The molecular weight excluding hydrogens is 749 g/mol. The second-order valence-corrected chi connectivity index (χ2v) is 15.4. The molecule has 61 heavy (non-hydrogen) atoms. The van der Waals surface area contributed by atoms with Gasteiger partial charge in [-0.1, -0.05) is 158 Å². The number of allylic oxidation sites excluding steroid dienone is 1. The lowest BCUT2D eigenvalue weighted by Crippen LogP contribution is -2.77. The predicted octanol–water partition coefficient (Wildman–Crippen LogP) is 11.6. The van der Waals surface area contributed by atoms with E-state index < -0.39 is 0 Å². The average molecular weight is 793 g/mol. The lowest BCUT2D eigenvalue weighted by molar-refractivity contribution is -0.657. The van der Waals surface area contributed by atoms with Crippen molar-refractivity contribution in [2.24, 2.45) is 4.99 Å². The number of aliphatic hydroxyl groups is 1. The first kappa shape index (κ1) is 37.5. The third-order valence-corrected chi connectivity index (χ3v) is 11.6. The Kier molecular flexibility index (Phi) is 10.1. The van der Waals surface area contributed by atoms with E-state index in [4.69, 9.17) is 9.73 Å². The number of hydrogen-bond acceptors (Lipinski definition) is 3. The summed E-state index contributed by atoms with van der Waals surface area (Å²) < 4.78 is 5.08. The van der Waals surface area contributed by atoms with Crippen molar-refractivity contribution in [3.63, 3.8) is 0 Å². The Bertz CT molecular complexity index is 2890. The molecule has 0 saturated heterocycles. The van der Waals surface area contributed by atoms with Gasteiger partial charge in [0, 0.05) is 35.6 Å². The number of nitrogens with one attached hydrogen (secondary N) is 1. The van der Waals surface area contributed by atoms with Gasteiger partial charge in [0.1, 0.15) is 11.7 Å². The van der Waals surface area contributed by atoms with Crippen molar-refractivity contribution in [1.82, 2.24) is 4.90 Å². The first-order valence-corrected chi connectivity index (χ1v) is 20.6. The second kappa shape index (κ2) is 16.5. The summed E-state index contributed by atoms with van der Waals surface area (Å²) in [6, 6.07) is 70.7. The normalized spacial score (nSPS) is 15.6. The summed E-state index contributed by atoms with van der Waals surface area (Å²) >= 11 is 0. The molecule has 6 nitrogen and oxygen atoms in total. The average Bonchev–Trinajstić information content (AvgIpc) is 3.78. The summed E-state index contributed by atoms with van der Waals surface area (Å²) in [7, 11) is 2.12. The Balaban J connectivity index is 0.949. The number of benzene rings is 8. The summed E-state index contributed by atoms with van der Waals surface area (Å²) in [5.41, 5.74) is 15.4. The molecule has 0 aliphatic carbocycles. The van der Waals surface area contributed by atoms with Crippen LogP contribution in [-0.2, 0) is 0 Å². The van der Waals surface area contributed by atoms with Crippen LogP contribution in [0.2, 0.25) is 0 Å². The Morgan fingerprint density at radius 2 is 1.11 bits per heavy atom. The lowest BCUT2D eigenvalue weighted by Gasteiger charge is -2.34. The molecule has 10 rings (SSSR count). The van der Waals surface area contributed by atoms with Crippen LogP contribution in [0.4, 0.5) is 11.4 Å². The molecule has 8 aromatic rings. The molecule has 0 radical (unpaired) electrons. The number of fused-ring (bicyclic) bond motifs is 1. The van der Waals surface area contributed by atoms with Crippen LogP contribution in [-0.4, -0.2) is 28.3 Å². The van der Waals surface area contributed by atoms with Crippen molar-refractivity contribution in [3.8, 4) is 39.1 Å². The van der Waals surface area contributed by atoms with Gasteiger partial charge in [-0.2, -0.15) is 0 Å². The van der Waals surface area contributed by atoms with Gasteiger partial charge < -0.3 is 15.0 Å². The predicted molar refractivity (Wildman–Crippen MR) is 247 cm³/mol. The fraction of sp³-hybridized carbons (Fsp3) is 0.0545. The maximum absolute atomic E-state index is 13.5. The zero-order valence-corrected chi connectivity index (χ0v) is 33.7. The molecule has 0 fully saturated rings. The summed E-state index contributed by atoms with van der Waals surface area (Å²) in [5, 5.41) is 5.46. The third-order valence-electron chi connectivity index (χ3n) is 11.6. The number of carbonyl (C=O) groups is 1. The second-order valence-electron chi connectivity index (χ2n) is 15.4. The number of quaternary nitrogens is 1. The number of rotatable bonds is 9. The van der Waals surface area contributed by atoms with Crippen LogP contribution in [0.25, 0.3) is 39.1 Å². The number of anilines is 1. The Morgan fingerprint density at radius 1 is 0.557 bits per heavy atom. The van der Waals surface area contributed by atoms with E-state index in [0.717, 1.165) is 84.2 Å². The van der Waals surface area contributed by atoms with Crippen molar-refractivity contribution in [3.05, 3.63) is 240 Å². The molecule has 2 aliphatic heterocycles. The number of aliphatic imine (C=N–C) groups is 1. The number of hydrogen-bond donors (Lipinski definition) is 2. The van der Waals surface area contributed by atoms with Crippen LogP contribution in [0.3, 0.4) is 0 Å². The molecule has 2 unspecified atom stereocenters. The monoisotopic (exact) mass is 792 g/mol. The minimum atomic E-state index is -0.152. The van der Waals surface area contributed by atoms with Crippen LogP contribution in [0, 0.1) is 0 Å². The van der Waals surface area contributed by atoms with Gasteiger partial charge in [0.05, 0.1) is 11.3 Å². The van der Waals surface area contributed by atoms with Gasteiger partial charge in [-0.3, -0.25) is 9.79 Å². The van der Waals surface area contributed by atoms with Gasteiger partial charge >= 0.3 is 12.0 Å². The lowest BCUT2D eigenvalue weighted by atomic mass is 9.94. The molecule has 0 spiro atoms. The molecule has 294 valence electrons. The minimum Gasteiger partial charge on any atom is -0.532 e. The standard InChI is InChI=1S/C55H42N4O2/c1-59-50(36-49(40-15-6-2-7-16-40)56-53(59)42-17-8-3-9-18-42)41-31-29-38(30-32-41)37-25-27-39(28-26-37)45-33-34-48(57-54(60)43-19-10-4-11-20-43)47(35-45)46-23-14-24-51-52(46)58-55(61-51)44-21-12-5-13-22-44/h2-36,53,55,58H,1H3,(H,57,60)/p+2. The van der Waals surface area contributed by atoms with E-state index in [2.05, 4.69) is 180 Å². The molecule has 2 heterocycles. The van der Waals surface area contributed by atoms with Gasteiger partial charge in [0.2, 0.25) is 5.69 Å². The van der Waals surface area contributed by atoms with Crippen LogP contribution in [0.15, 0.2) is 217 Å². The van der Waals surface area contributed by atoms with E-state index in [9.17, 15) is 4.79 Å². The maximum atomic E-state index is 13.5. The van der Waals surface area contributed by atoms with Gasteiger partial charge in [0.15, 0.2) is 0 Å². The quantitative estimate of drug-likeness (QED) is 0.0868. The molecule has 0 aromatic heterocycles. The Labute approximate surface area is 356 Å². The van der Waals surface area contributed by atoms with Crippen molar-refractivity contribution >= 4 is 28.7 Å². The largest absolute Gasteiger partial charge is 0.532 e. The molecule has 4 N–H and O–H groups in total. The van der Waals surface area contributed by atoms with Crippen molar-refractivity contribution in [1.29, 1.82) is 0 Å².